The number of carbonyl (C=O) groups is 2. The van der Waals surface area contributed by atoms with Crippen LogP contribution in [0.4, 0.5) is 14.9 Å². The fourth-order valence-corrected chi connectivity index (χ4v) is 1.89. The summed E-state index contributed by atoms with van der Waals surface area (Å²) >= 11 is 3.18. The van der Waals surface area contributed by atoms with Crippen molar-refractivity contribution in [2.45, 2.75) is 26.3 Å². The van der Waals surface area contributed by atoms with Gasteiger partial charge in [-0.2, -0.15) is 0 Å². The molecular formula is C13H16BrFN2O3. The van der Waals surface area contributed by atoms with Gasteiger partial charge in [-0.25, -0.2) is 9.18 Å². The van der Waals surface area contributed by atoms with E-state index in [0.29, 0.717) is 4.47 Å². The molecule has 20 heavy (non-hydrogen) atoms. The third kappa shape index (κ3) is 4.48. The summed E-state index contributed by atoms with van der Waals surface area (Å²) in [6.45, 7) is 4.64. The highest BCUT2D eigenvalue weighted by molar-refractivity contribution is 9.10. The molecule has 0 heterocycles. The molecule has 0 aliphatic heterocycles. The zero-order valence-corrected chi connectivity index (χ0v) is 13.0. The molecule has 0 aliphatic carbocycles. The Hall–Kier alpha value is -1.63. The number of carboxylic acids is 1. The van der Waals surface area contributed by atoms with Gasteiger partial charge in [-0.05, 0) is 39.0 Å². The van der Waals surface area contributed by atoms with Crippen molar-refractivity contribution in [3.63, 3.8) is 0 Å². The van der Waals surface area contributed by atoms with Gasteiger partial charge in [-0.1, -0.05) is 15.9 Å². The monoisotopic (exact) mass is 346 g/mol. The molecule has 0 aliphatic rings. The van der Waals surface area contributed by atoms with Crippen LogP contribution in [-0.2, 0) is 4.79 Å². The highest BCUT2D eigenvalue weighted by Crippen LogP contribution is 2.22. The Kier molecular flexibility index (Phi) is 5.10. The van der Waals surface area contributed by atoms with E-state index >= 15 is 0 Å². The van der Waals surface area contributed by atoms with Gasteiger partial charge in [0.2, 0.25) is 0 Å². The minimum absolute atomic E-state index is 0.0102. The Balaban J connectivity index is 2.96. The SMILES string of the molecule is CC(C)(C)N(CC(=O)O)C(=O)Nc1cc(Br)ccc1F. The number of aliphatic carboxylic acids is 1. The van der Waals surface area contributed by atoms with Crippen LogP contribution in [0.25, 0.3) is 0 Å². The van der Waals surface area contributed by atoms with Crippen molar-refractivity contribution in [1.29, 1.82) is 0 Å². The number of carboxylic acid groups (broad SMARTS) is 1. The average molecular weight is 347 g/mol. The number of anilines is 1. The van der Waals surface area contributed by atoms with Gasteiger partial charge in [0.05, 0.1) is 5.69 Å². The van der Waals surface area contributed by atoms with Crippen molar-refractivity contribution in [2.24, 2.45) is 0 Å². The summed E-state index contributed by atoms with van der Waals surface area (Å²) in [7, 11) is 0. The maximum Gasteiger partial charge on any atom is 0.323 e. The van der Waals surface area contributed by atoms with Crippen LogP contribution in [0.2, 0.25) is 0 Å². The van der Waals surface area contributed by atoms with Crippen LogP contribution in [0.3, 0.4) is 0 Å². The van der Waals surface area contributed by atoms with E-state index in [1.165, 1.54) is 18.2 Å². The first-order valence-electron chi connectivity index (χ1n) is 5.86. The lowest BCUT2D eigenvalue weighted by Gasteiger charge is -2.34. The Morgan fingerprint density at radius 2 is 2.00 bits per heavy atom. The summed E-state index contributed by atoms with van der Waals surface area (Å²) in [5.74, 6) is -1.73. The van der Waals surface area contributed by atoms with Gasteiger partial charge in [0.1, 0.15) is 12.4 Å². The maximum absolute atomic E-state index is 13.6. The molecule has 1 aromatic rings. The Labute approximate surface area is 124 Å². The lowest BCUT2D eigenvalue weighted by molar-refractivity contribution is -0.138. The largest absolute Gasteiger partial charge is 0.480 e. The van der Waals surface area contributed by atoms with Crippen LogP contribution in [0.1, 0.15) is 20.8 Å². The van der Waals surface area contributed by atoms with Crippen LogP contribution < -0.4 is 5.32 Å². The average Bonchev–Trinajstić information content (AvgIpc) is 2.29. The van der Waals surface area contributed by atoms with E-state index in [2.05, 4.69) is 21.2 Å². The quantitative estimate of drug-likeness (QED) is 0.881. The third-order valence-corrected chi connectivity index (χ3v) is 3.01. The summed E-state index contributed by atoms with van der Waals surface area (Å²) in [6.07, 6.45) is 0. The molecule has 0 radical (unpaired) electrons. The van der Waals surface area contributed by atoms with Crippen molar-refractivity contribution < 1.29 is 19.1 Å². The summed E-state index contributed by atoms with van der Waals surface area (Å²) in [5, 5.41) is 11.2. The summed E-state index contributed by atoms with van der Waals surface area (Å²) in [4.78, 5) is 24.1. The number of amides is 2. The first-order valence-corrected chi connectivity index (χ1v) is 6.66. The molecule has 0 fully saturated rings. The van der Waals surface area contributed by atoms with Crippen molar-refractivity contribution in [3.05, 3.63) is 28.5 Å². The zero-order valence-electron chi connectivity index (χ0n) is 11.4. The fraction of sp³-hybridized carbons (Fsp3) is 0.385. The smallest absolute Gasteiger partial charge is 0.323 e. The molecule has 0 saturated carbocycles. The Morgan fingerprint density at radius 3 is 2.50 bits per heavy atom. The number of halogens is 2. The first kappa shape index (κ1) is 16.4. The highest BCUT2D eigenvalue weighted by Gasteiger charge is 2.28. The second-order valence-corrected chi connectivity index (χ2v) is 6.12. The number of hydrogen-bond donors (Lipinski definition) is 2. The molecule has 1 aromatic carbocycles. The molecule has 1 rings (SSSR count). The number of hydrogen-bond acceptors (Lipinski definition) is 2. The lowest BCUT2D eigenvalue weighted by Crippen LogP contribution is -2.50. The van der Waals surface area contributed by atoms with Gasteiger partial charge < -0.3 is 15.3 Å². The van der Waals surface area contributed by atoms with E-state index in [4.69, 9.17) is 5.11 Å². The summed E-state index contributed by atoms with van der Waals surface area (Å²) < 4.78 is 14.2. The Morgan fingerprint density at radius 1 is 1.40 bits per heavy atom. The van der Waals surface area contributed by atoms with Crippen molar-refractivity contribution >= 4 is 33.6 Å². The molecule has 0 bridgehead atoms. The number of urea groups is 1. The van der Waals surface area contributed by atoms with Crippen LogP contribution in [0, 0.1) is 5.82 Å². The molecule has 0 aromatic heterocycles. The molecule has 2 amide bonds. The third-order valence-electron chi connectivity index (χ3n) is 2.52. The number of benzene rings is 1. The molecule has 0 atom stereocenters. The highest BCUT2D eigenvalue weighted by atomic mass is 79.9. The summed E-state index contributed by atoms with van der Waals surface area (Å²) in [6, 6.07) is 3.45. The molecule has 5 nitrogen and oxygen atoms in total. The lowest BCUT2D eigenvalue weighted by atomic mass is 10.1. The minimum Gasteiger partial charge on any atom is -0.480 e. The molecule has 0 saturated heterocycles. The minimum atomic E-state index is -1.13. The van der Waals surface area contributed by atoms with Crippen molar-refractivity contribution in [2.75, 3.05) is 11.9 Å². The maximum atomic E-state index is 13.6. The van der Waals surface area contributed by atoms with Crippen molar-refractivity contribution in [3.8, 4) is 0 Å². The second-order valence-electron chi connectivity index (χ2n) is 5.21. The zero-order chi connectivity index (χ0) is 15.5. The van der Waals surface area contributed by atoms with Gasteiger partial charge in [0, 0.05) is 10.0 Å². The van der Waals surface area contributed by atoms with E-state index in [0.717, 1.165) is 4.90 Å². The molecular weight excluding hydrogens is 331 g/mol. The Bertz CT molecular complexity index is 529. The number of nitrogens with zero attached hydrogens (tertiary/aromatic N) is 1. The molecule has 0 spiro atoms. The summed E-state index contributed by atoms with van der Waals surface area (Å²) in [5.41, 5.74) is -0.714. The predicted molar refractivity (Wildman–Crippen MR) is 77.2 cm³/mol. The first-order chi connectivity index (χ1) is 9.11. The standard InChI is InChI=1S/C13H16BrFN2O3/c1-13(2,3)17(7-11(18)19)12(20)16-10-6-8(14)4-5-9(10)15/h4-6H,7H2,1-3H3,(H,16,20)(H,18,19). The predicted octanol–water partition coefficient (Wildman–Crippen LogP) is 3.31. The number of rotatable bonds is 3. The van der Waals surface area contributed by atoms with Crippen molar-refractivity contribution in [1.82, 2.24) is 4.90 Å². The second kappa shape index (κ2) is 6.21. The fourth-order valence-electron chi connectivity index (χ4n) is 1.52. The van der Waals surface area contributed by atoms with Crippen LogP contribution in [0.15, 0.2) is 22.7 Å². The number of carbonyl (C=O) groups excluding carboxylic acids is 1. The van der Waals surface area contributed by atoms with Gasteiger partial charge in [0.15, 0.2) is 0 Å². The normalized spacial score (nSPS) is 11.1. The van der Waals surface area contributed by atoms with Crippen LogP contribution in [-0.4, -0.2) is 34.1 Å². The molecule has 7 heteroatoms. The van der Waals surface area contributed by atoms with Gasteiger partial charge in [-0.3, -0.25) is 4.79 Å². The van der Waals surface area contributed by atoms with E-state index in [-0.39, 0.29) is 5.69 Å². The van der Waals surface area contributed by atoms with Gasteiger partial charge in [0.25, 0.3) is 0 Å². The van der Waals surface area contributed by atoms with Gasteiger partial charge in [-0.15, -0.1) is 0 Å². The van der Waals surface area contributed by atoms with E-state index in [1.54, 1.807) is 20.8 Å². The van der Waals surface area contributed by atoms with Crippen LogP contribution >= 0.6 is 15.9 Å². The van der Waals surface area contributed by atoms with E-state index in [1.807, 2.05) is 0 Å². The van der Waals surface area contributed by atoms with E-state index < -0.39 is 29.9 Å². The topological polar surface area (TPSA) is 69.6 Å². The van der Waals surface area contributed by atoms with Crippen LogP contribution in [0.5, 0.6) is 0 Å². The molecule has 2 N–H and O–H groups in total. The van der Waals surface area contributed by atoms with E-state index in [9.17, 15) is 14.0 Å². The van der Waals surface area contributed by atoms with Gasteiger partial charge >= 0.3 is 12.0 Å². The molecule has 0 unspecified atom stereocenters. The number of nitrogens with one attached hydrogen (secondary N) is 1. The molecule has 110 valence electrons.